The normalized spacial score (nSPS) is 27.7. The van der Waals surface area contributed by atoms with Gasteiger partial charge in [0.1, 0.15) is 0 Å². The van der Waals surface area contributed by atoms with E-state index >= 15 is 0 Å². The summed E-state index contributed by atoms with van der Waals surface area (Å²) in [5.74, 6) is -1.72. The molecule has 0 aromatic rings. The maximum absolute atomic E-state index is 12.0. The van der Waals surface area contributed by atoms with Crippen LogP contribution in [0.2, 0.25) is 0 Å². The Balaban J connectivity index is 2.19. The first-order chi connectivity index (χ1) is 6.20. The fraction of sp³-hybridized carbons (Fsp3) is 1.00. The van der Waals surface area contributed by atoms with Gasteiger partial charge in [0.25, 0.3) is 10.1 Å². The van der Waals surface area contributed by atoms with Gasteiger partial charge in [-0.1, -0.05) is 0 Å². The van der Waals surface area contributed by atoms with Crippen molar-refractivity contribution >= 4 is 10.1 Å². The van der Waals surface area contributed by atoms with Crippen LogP contribution in [-0.2, 0) is 14.3 Å². The third kappa shape index (κ3) is 3.83. The summed E-state index contributed by atoms with van der Waals surface area (Å²) in [5, 5.41) is 0. The minimum absolute atomic E-state index is 0.0939. The Morgan fingerprint density at radius 1 is 1.43 bits per heavy atom. The fourth-order valence-electron chi connectivity index (χ4n) is 1.32. The Morgan fingerprint density at radius 3 is 2.36 bits per heavy atom. The zero-order chi connectivity index (χ0) is 11.0. The molecule has 2 atom stereocenters. The molecule has 0 unspecified atom stereocenters. The lowest BCUT2D eigenvalue weighted by molar-refractivity contribution is -0.151. The van der Waals surface area contributed by atoms with E-state index < -0.39 is 28.1 Å². The SMILES string of the molecule is CS(=O)(=O)OCC[C@@H]1C[C@H]1C(F)(F)F. The number of rotatable bonds is 4. The smallest absolute Gasteiger partial charge is 0.270 e. The molecule has 3 nitrogen and oxygen atoms in total. The van der Waals surface area contributed by atoms with Crippen LogP contribution in [0.15, 0.2) is 0 Å². The molecule has 1 saturated carbocycles. The minimum Gasteiger partial charge on any atom is -0.270 e. The molecule has 0 aliphatic heterocycles. The summed E-state index contributed by atoms with van der Waals surface area (Å²) in [6.07, 6.45) is -3.02. The zero-order valence-corrected chi connectivity index (χ0v) is 8.36. The monoisotopic (exact) mass is 232 g/mol. The highest BCUT2D eigenvalue weighted by Gasteiger charge is 2.54. The van der Waals surface area contributed by atoms with Gasteiger partial charge in [-0.3, -0.25) is 4.18 Å². The molecule has 1 fully saturated rings. The van der Waals surface area contributed by atoms with Crippen LogP contribution in [0, 0.1) is 11.8 Å². The average molecular weight is 232 g/mol. The first kappa shape index (κ1) is 11.8. The largest absolute Gasteiger partial charge is 0.392 e. The molecule has 84 valence electrons. The van der Waals surface area contributed by atoms with Crippen LogP contribution in [0.3, 0.4) is 0 Å². The molecule has 0 bridgehead atoms. The third-order valence-electron chi connectivity index (χ3n) is 2.13. The minimum atomic E-state index is -4.14. The highest BCUT2D eigenvalue weighted by molar-refractivity contribution is 7.85. The maximum atomic E-state index is 12.0. The van der Waals surface area contributed by atoms with Crippen molar-refractivity contribution in [1.29, 1.82) is 0 Å². The van der Waals surface area contributed by atoms with Crippen molar-refractivity contribution in [3.63, 3.8) is 0 Å². The van der Waals surface area contributed by atoms with Gasteiger partial charge in [0.05, 0.1) is 18.8 Å². The fourth-order valence-corrected chi connectivity index (χ4v) is 1.72. The molecule has 1 aliphatic rings. The van der Waals surface area contributed by atoms with Crippen molar-refractivity contribution in [3.8, 4) is 0 Å². The Morgan fingerprint density at radius 2 is 2.00 bits per heavy atom. The van der Waals surface area contributed by atoms with E-state index in [1.165, 1.54) is 0 Å². The van der Waals surface area contributed by atoms with Crippen molar-refractivity contribution in [2.75, 3.05) is 12.9 Å². The molecule has 0 aromatic heterocycles. The van der Waals surface area contributed by atoms with Gasteiger partial charge in [0.2, 0.25) is 0 Å². The number of hydrogen-bond acceptors (Lipinski definition) is 3. The van der Waals surface area contributed by atoms with Crippen LogP contribution in [0.5, 0.6) is 0 Å². The molecule has 0 N–H and O–H groups in total. The Kier molecular flexibility index (Phi) is 3.10. The zero-order valence-electron chi connectivity index (χ0n) is 7.54. The summed E-state index contributed by atoms with van der Waals surface area (Å²) in [5.41, 5.74) is 0. The predicted octanol–water partition coefficient (Wildman–Crippen LogP) is 1.55. The van der Waals surface area contributed by atoms with Crippen LogP contribution in [-0.4, -0.2) is 27.5 Å². The molecule has 0 spiro atoms. The number of hydrogen-bond donors (Lipinski definition) is 0. The van der Waals surface area contributed by atoms with Crippen LogP contribution < -0.4 is 0 Å². The van der Waals surface area contributed by atoms with Crippen molar-refractivity contribution in [3.05, 3.63) is 0 Å². The van der Waals surface area contributed by atoms with E-state index in [1.54, 1.807) is 0 Å². The van der Waals surface area contributed by atoms with E-state index in [1.807, 2.05) is 0 Å². The summed E-state index contributed by atoms with van der Waals surface area (Å²) in [6.45, 7) is -0.157. The second kappa shape index (κ2) is 3.69. The molecule has 7 heteroatoms. The lowest BCUT2D eigenvalue weighted by Gasteiger charge is -2.04. The van der Waals surface area contributed by atoms with Gasteiger partial charge in [0.15, 0.2) is 0 Å². The first-order valence-corrected chi connectivity index (χ1v) is 5.93. The van der Waals surface area contributed by atoms with E-state index in [0.29, 0.717) is 0 Å². The van der Waals surface area contributed by atoms with Gasteiger partial charge in [-0.15, -0.1) is 0 Å². The molecular weight excluding hydrogens is 221 g/mol. The van der Waals surface area contributed by atoms with Gasteiger partial charge in [0, 0.05) is 0 Å². The molecule has 0 amide bonds. The highest BCUT2D eigenvalue weighted by Crippen LogP contribution is 2.51. The first-order valence-electron chi connectivity index (χ1n) is 4.11. The quantitative estimate of drug-likeness (QED) is 0.691. The second-order valence-corrected chi connectivity index (χ2v) is 5.10. The molecule has 14 heavy (non-hydrogen) atoms. The summed E-state index contributed by atoms with van der Waals surface area (Å²) in [6, 6.07) is 0. The van der Waals surface area contributed by atoms with Crippen LogP contribution in [0.25, 0.3) is 0 Å². The standard InChI is InChI=1S/C7H11F3O3S/c1-14(11,12)13-3-2-5-4-6(5)7(8,9)10/h5-6H,2-4H2,1H3/t5-,6-/m1/s1. The predicted molar refractivity (Wildman–Crippen MR) is 43.1 cm³/mol. The van der Waals surface area contributed by atoms with Crippen LogP contribution in [0.1, 0.15) is 12.8 Å². The lowest BCUT2D eigenvalue weighted by atomic mass is 10.2. The molecule has 0 radical (unpaired) electrons. The van der Waals surface area contributed by atoms with E-state index in [9.17, 15) is 21.6 Å². The van der Waals surface area contributed by atoms with E-state index in [0.717, 1.165) is 6.26 Å². The molecule has 0 saturated heterocycles. The Bertz CT molecular complexity index is 296. The van der Waals surface area contributed by atoms with Gasteiger partial charge >= 0.3 is 6.18 Å². The average Bonchev–Trinajstić information content (AvgIpc) is 2.61. The van der Waals surface area contributed by atoms with Crippen LogP contribution >= 0.6 is 0 Å². The third-order valence-corrected chi connectivity index (χ3v) is 2.72. The van der Waals surface area contributed by atoms with Gasteiger partial charge in [-0.25, -0.2) is 0 Å². The molecule has 0 aromatic carbocycles. The van der Waals surface area contributed by atoms with Crippen molar-refractivity contribution < 1.29 is 25.8 Å². The van der Waals surface area contributed by atoms with E-state index in [-0.39, 0.29) is 19.4 Å². The summed E-state index contributed by atoms with van der Waals surface area (Å²) < 4.78 is 61.3. The lowest BCUT2D eigenvalue weighted by Crippen LogP contribution is -2.13. The van der Waals surface area contributed by atoms with Crippen LogP contribution in [0.4, 0.5) is 13.2 Å². The molecule has 0 heterocycles. The van der Waals surface area contributed by atoms with Gasteiger partial charge < -0.3 is 0 Å². The molecule has 1 rings (SSSR count). The van der Waals surface area contributed by atoms with Crippen molar-refractivity contribution in [2.24, 2.45) is 11.8 Å². The Labute approximate surface area is 80.4 Å². The van der Waals surface area contributed by atoms with Gasteiger partial charge in [-0.05, 0) is 18.8 Å². The molecule has 1 aliphatic carbocycles. The maximum Gasteiger partial charge on any atom is 0.392 e. The van der Waals surface area contributed by atoms with Crippen molar-refractivity contribution in [1.82, 2.24) is 0 Å². The second-order valence-electron chi connectivity index (χ2n) is 3.46. The molecular formula is C7H11F3O3S. The summed E-state index contributed by atoms with van der Waals surface area (Å²) in [7, 11) is -3.53. The van der Waals surface area contributed by atoms with E-state index in [2.05, 4.69) is 4.18 Å². The Hall–Kier alpha value is -0.300. The summed E-state index contributed by atoms with van der Waals surface area (Å²) in [4.78, 5) is 0. The number of alkyl halides is 3. The van der Waals surface area contributed by atoms with E-state index in [4.69, 9.17) is 0 Å². The summed E-state index contributed by atoms with van der Waals surface area (Å²) >= 11 is 0. The van der Waals surface area contributed by atoms with Gasteiger partial charge in [-0.2, -0.15) is 21.6 Å². The highest BCUT2D eigenvalue weighted by atomic mass is 32.2. The number of halogens is 3. The topological polar surface area (TPSA) is 43.4 Å². The van der Waals surface area contributed by atoms with Crippen molar-refractivity contribution in [2.45, 2.75) is 19.0 Å².